The summed E-state index contributed by atoms with van der Waals surface area (Å²) < 4.78 is 5.07. The zero-order valence-electron chi connectivity index (χ0n) is 12.8. The zero-order chi connectivity index (χ0) is 17.7. The van der Waals surface area contributed by atoms with Gasteiger partial charge in [-0.1, -0.05) is 16.8 Å². The summed E-state index contributed by atoms with van der Waals surface area (Å²) in [6, 6.07) is 6.90. The third-order valence-electron chi connectivity index (χ3n) is 3.23. The lowest BCUT2D eigenvalue weighted by molar-refractivity contribution is -0.156. The molecule has 0 bridgehead atoms. The van der Waals surface area contributed by atoms with Crippen LogP contribution in [0.3, 0.4) is 0 Å². The predicted molar refractivity (Wildman–Crippen MR) is 84.3 cm³/mol. The third kappa shape index (κ3) is 4.77. The van der Waals surface area contributed by atoms with Gasteiger partial charge in [-0.05, 0) is 31.2 Å². The fourth-order valence-corrected chi connectivity index (χ4v) is 1.85. The summed E-state index contributed by atoms with van der Waals surface area (Å²) in [6.45, 7) is 0.715. The fraction of sp³-hybridized carbons (Fsp3) is 0.333. The Kier molecular flexibility index (Phi) is 5.53. The zero-order valence-corrected chi connectivity index (χ0v) is 13.6. The third-order valence-corrected chi connectivity index (χ3v) is 3.48. The van der Waals surface area contributed by atoms with Crippen molar-refractivity contribution in [1.82, 2.24) is 15.5 Å². The topological polar surface area (TPSA) is 126 Å². The normalized spacial score (nSPS) is 13.3. The van der Waals surface area contributed by atoms with Crippen molar-refractivity contribution in [2.45, 2.75) is 25.4 Å². The van der Waals surface area contributed by atoms with Gasteiger partial charge in [0.1, 0.15) is 0 Å². The second kappa shape index (κ2) is 7.41. The molecule has 1 aromatic heterocycles. The molecule has 0 aliphatic heterocycles. The first-order chi connectivity index (χ1) is 11.3. The van der Waals surface area contributed by atoms with Crippen LogP contribution in [0.25, 0.3) is 11.4 Å². The van der Waals surface area contributed by atoms with Gasteiger partial charge >= 0.3 is 5.97 Å². The van der Waals surface area contributed by atoms with Crippen LogP contribution in [-0.2, 0) is 16.0 Å². The molecule has 0 radical (unpaired) electrons. The van der Waals surface area contributed by atoms with Crippen molar-refractivity contribution >= 4 is 23.5 Å². The predicted octanol–water partition coefficient (Wildman–Crippen LogP) is 1.27. The van der Waals surface area contributed by atoms with E-state index in [-0.39, 0.29) is 25.3 Å². The number of benzene rings is 1. The molecule has 0 aliphatic carbocycles. The van der Waals surface area contributed by atoms with Crippen LogP contribution >= 0.6 is 11.6 Å². The highest BCUT2D eigenvalue weighted by molar-refractivity contribution is 6.30. The first kappa shape index (κ1) is 17.9. The summed E-state index contributed by atoms with van der Waals surface area (Å²) in [6.07, 6.45) is 0.222. The van der Waals surface area contributed by atoms with Crippen LogP contribution in [0.4, 0.5) is 0 Å². The number of aromatic nitrogens is 2. The molecule has 1 aromatic carbocycles. The minimum atomic E-state index is -2.01. The van der Waals surface area contributed by atoms with Gasteiger partial charge < -0.3 is 20.1 Å². The molecule has 1 unspecified atom stereocenters. The molecule has 0 aliphatic rings. The lowest BCUT2D eigenvalue weighted by Crippen LogP contribution is -2.46. The minimum Gasteiger partial charge on any atom is -0.479 e. The van der Waals surface area contributed by atoms with Crippen LogP contribution in [0.5, 0.6) is 0 Å². The highest BCUT2D eigenvalue weighted by Gasteiger charge is 2.30. The van der Waals surface area contributed by atoms with Crippen molar-refractivity contribution in [3.05, 3.63) is 35.2 Å². The molecule has 8 nitrogen and oxygen atoms in total. The molecule has 0 fully saturated rings. The first-order valence-corrected chi connectivity index (χ1v) is 7.47. The highest BCUT2D eigenvalue weighted by atomic mass is 35.5. The molecule has 3 N–H and O–H groups in total. The van der Waals surface area contributed by atoms with E-state index in [0.717, 1.165) is 12.5 Å². The van der Waals surface area contributed by atoms with E-state index in [1.807, 2.05) is 0 Å². The largest absolute Gasteiger partial charge is 0.479 e. The molecule has 0 saturated carbocycles. The molecule has 1 atom stereocenters. The second-order valence-corrected chi connectivity index (χ2v) is 5.81. The Balaban J connectivity index is 1.86. The Morgan fingerprint density at radius 3 is 2.62 bits per heavy atom. The van der Waals surface area contributed by atoms with Crippen molar-refractivity contribution in [3.8, 4) is 11.4 Å². The molecule has 2 aromatic rings. The summed E-state index contributed by atoms with van der Waals surface area (Å²) in [5.74, 6) is -1.17. The average Bonchev–Trinajstić information content (AvgIpc) is 3.00. The Morgan fingerprint density at radius 2 is 2.00 bits per heavy atom. The van der Waals surface area contributed by atoms with Gasteiger partial charge in [-0.25, -0.2) is 4.79 Å². The van der Waals surface area contributed by atoms with Crippen LogP contribution in [-0.4, -0.2) is 44.4 Å². The molecular weight excluding hydrogens is 338 g/mol. The van der Waals surface area contributed by atoms with Crippen molar-refractivity contribution in [2.75, 3.05) is 6.54 Å². The van der Waals surface area contributed by atoms with Crippen LogP contribution in [0.15, 0.2) is 28.8 Å². The molecule has 9 heteroatoms. The van der Waals surface area contributed by atoms with E-state index in [1.165, 1.54) is 0 Å². The number of carboxylic acid groups (broad SMARTS) is 1. The Morgan fingerprint density at radius 1 is 1.33 bits per heavy atom. The van der Waals surface area contributed by atoms with Crippen molar-refractivity contribution in [2.24, 2.45) is 0 Å². The Bertz CT molecular complexity index is 727. The van der Waals surface area contributed by atoms with Gasteiger partial charge in [0.05, 0.1) is 6.54 Å². The van der Waals surface area contributed by atoms with Crippen molar-refractivity contribution in [3.63, 3.8) is 0 Å². The number of hydrogen-bond donors (Lipinski definition) is 3. The van der Waals surface area contributed by atoms with Gasteiger partial charge in [0.15, 0.2) is 5.60 Å². The number of aryl methyl sites for hydroxylation is 1. The maximum Gasteiger partial charge on any atom is 0.337 e. The van der Waals surface area contributed by atoms with Gasteiger partial charge in [-0.15, -0.1) is 0 Å². The maximum absolute atomic E-state index is 11.7. The average molecular weight is 354 g/mol. The number of aliphatic hydroxyl groups is 1. The molecule has 0 spiro atoms. The van der Waals surface area contributed by atoms with Crippen LogP contribution in [0, 0.1) is 0 Å². The fourth-order valence-electron chi connectivity index (χ4n) is 1.73. The maximum atomic E-state index is 11.7. The lowest BCUT2D eigenvalue weighted by Gasteiger charge is -2.17. The summed E-state index contributed by atoms with van der Waals surface area (Å²) in [5.41, 5.74) is -1.28. The highest BCUT2D eigenvalue weighted by Crippen LogP contribution is 2.18. The van der Waals surface area contributed by atoms with E-state index < -0.39 is 17.5 Å². The van der Waals surface area contributed by atoms with Crippen LogP contribution < -0.4 is 5.32 Å². The number of carboxylic acids is 1. The number of aliphatic carboxylic acids is 1. The van der Waals surface area contributed by atoms with Gasteiger partial charge in [0.25, 0.3) is 0 Å². The minimum absolute atomic E-state index is 0.0257. The first-order valence-electron chi connectivity index (χ1n) is 7.09. The van der Waals surface area contributed by atoms with Crippen molar-refractivity contribution < 1.29 is 24.3 Å². The van der Waals surface area contributed by atoms with E-state index in [9.17, 15) is 14.7 Å². The van der Waals surface area contributed by atoms with Gasteiger partial charge in [-0.2, -0.15) is 4.98 Å². The quantitative estimate of drug-likeness (QED) is 0.684. The molecule has 0 saturated heterocycles. The smallest absolute Gasteiger partial charge is 0.337 e. The summed E-state index contributed by atoms with van der Waals surface area (Å²) in [4.78, 5) is 26.6. The van der Waals surface area contributed by atoms with Gasteiger partial charge in [0, 0.05) is 23.4 Å². The molecule has 1 heterocycles. The van der Waals surface area contributed by atoms with E-state index in [4.69, 9.17) is 21.2 Å². The van der Waals surface area contributed by atoms with E-state index >= 15 is 0 Å². The molecule has 24 heavy (non-hydrogen) atoms. The van der Waals surface area contributed by atoms with Crippen molar-refractivity contribution in [1.29, 1.82) is 0 Å². The number of halogens is 1. The molecule has 1 amide bonds. The number of hydrogen-bond acceptors (Lipinski definition) is 6. The SMILES string of the molecule is CC(O)(CNC(=O)CCc1nc(-c2ccc(Cl)cc2)no1)C(=O)O. The number of amides is 1. The molecular formula is C15H16ClN3O5. The monoisotopic (exact) mass is 353 g/mol. The van der Waals surface area contributed by atoms with E-state index in [2.05, 4.69) is 15.5 Å². The van der Waals surface area contributed by atoms with Crippen LogP contribution in [0.1, 0.15) is 19.2 Å². The number of carbonyl (C=O) groups is 2. The number of nitrogens with zero attached hydrogens (tertiary/aromatic N) is 2. The van der Waals surface area contributed by atoms with Crippen LogP contribution in [0.2, 0.25) is 5.02 Å². The standard InChI is InChI=1S/C15H16ClN3O5/c1-15(23,14(21)22)8-17-11(20)6-7-12-18-13(19-24-12)9-2-4-10(16)5-3-9/h2-5,23H,6-8H2,1H3,(H,17,20)(H,21,22). The Hall–Kier alpha value is -2.45. The lowest BCUT2D eigenvalue weighted by atomic mass is 10.1. The number of nitrogens with one attached hydrogen (secondary N) is 1. The molecule has 128 valence electrons. The second-order valence-electron chi connectivity index (χ2n) is 5.37. The van der Waals surface area contributed by atoms with Gasteiger partial charge in [-0.3, -0.25) is 4.79 Å². The van der Waals surface area contributed by atoms with Gasteiger partial charge in [0.2, 0.25) is 17.6 Å². The van der Waals surface area contributed by atoms with E-state index in [1.54, 1.807) is 24.3 Å². The summed E-state index contributed by atoms with van der Waals surface area (Å²) in [5, 5.41) is 25.0. The van der Waals surface area contributed by atoms with E-state index in [0.29, 0.717) is 10.8 Å². The number of rotatable bonds is 7. The molecule has 2 rings (SSSR count). The number of carbonyl (C=O) groups excluding carboxylic acids is 1. The summed E-state index contributed by atoms with van der Waals surface area (Å²) in [7, 11) is 0. The summed E-state index contributed by atoms with van der Waals surface area (Å²) >= 11 is 5.81. The Labute approximate surface area is 142 Å².